The van der Waals surface area contributed by atoms with Crippen LogP contribution in [0.5, 0.6) is 34.5 Å². The van der Waals surface area contributed by atoms with Crippen molar-refractivity contribution >= 4 is 64.3 Å². The summed E-state index contributed by atoms with van der Waals surface area (Å²) in [5.74, 6) is -0.313. The number of hydrogen-bond acceptors (Lipinski definition) is 17. The summed E-state index contributed by atoms with van der Waals surface area (Å²) in [4.78, 5) is 72.4. The summed E-state index contributed by atoms with van der Waals surface area (Å²) in [6, 6.07) is 52.7. The molecule has 0 fully saturated rings. The number of para-hydroxylation sites is 4. The first kappa shape index (κ1) is 61.4. The molecule has 0 unspecified atom stereocenters. The summed E-state index contributed by atoms with van der Waals surface area (Å²) in [7, 11) is 0. The van der Waals surface area contributed by atoms with Crippen LogP contribution in [0.2, 0.25) is 0 Å². The molecule has 0 saturated heterocycles. The van der Waals surface area contributed by atoms with E-state index < -0.39 is 23.9 Å². The molecule has 0 spiro atoms. The van der Waals surface area contributed by atoms with Gasteiger partial charge in [0.2, 0.25) is 0 Å². The highest BCUT2D eigenvalue weighted by atomic mass is 16.6. The summed E-state index contributed by atoms with van der Waals surface area (Å²) in [5, 5.41) is 0. The van der Waals surface area contributed by atoms with Crippen molar-refractivity contribution in [2.45, 2.75) is 65.7 Å². The molecule has 0 aromatic heterocycles. The number of ether oxygens (including phenoxy) is 6. The van der Waals surface area contributed by atoms with Crippen LogP contribution in [-0.2, 0) is 9.59 Å². The van der Waals surface area contributed by atoms with Crippen molar-refractivity contribution in [2.24, 2.45) is 0 Å². The van der Waals surface area contributed by atoms with Gasteiger partial charge in [0.1, 0.15) is 23.0 Å². The Kier molecular flexibility index (Phi) is 24.1. The Hall–Kier alpha value is -10.4. The lowest BCUT2D eigenvalue weighted by Gasteiger charge is -2.08. The second-order valence-electron chi connectivity index (χ2n) is 17.9. The zero-order valence-electron chi connectivity index (χ0n) is 43.9. The monoisotopic (exact) mass is 1100 g/mol. The molecule has 0 aliphatic carbocycles. The molecule has 418 valence electrons. The van der Waals surface area contributed by atoms with E-state index in [1.54, 1.807) is 152 Å². The number of unbranched alkanes of at least 4 members (excludes halogenated alkanes) is 5. The molecule has 8 aromatic rings. The molecule has 0 aliphatic rings. The minimum Gasteiger partial charge on any atom is -0.427 e. The van der Waals surface area contributed by atoms with Crippen LogP contribution in [-0.4, -0.2) is 35.8 Å². The van der Waals surface area contributed by atoms with Crippen LogP contribution in [0.15, 0.2) is 194 Å². The van der Waals surface area contributed by atoms with Gasteiger partial charge in [0, 0.05) is 29.9 Å². The predicted molar refractivity (Wildman–Crippen MR) is 313 cm³/mol. The molecule has 8 rings (SSSR count). The molecular formula is C64H65N5O12. The van der Waals surface area contributed by atoms with Crippen molar-refractivity contribution in [1.82, 2.24) is 0 Å². The van der Waals surface area contributed by atoms with E-state index in [-0.39, 0.29) is 47.6 Å². The van der Waals surface area contributed by atoms with E-state index >= 15 is 0 Å². The van der Waals surface area contributed by atoms with Crippen molar-refractivity contribution in [3.63, 3.8) is 0 Å². The Bertz CT molecular complexity index is 3270. The van der Waals surface area contributed by atoms with E-state index in [2.05, 4.69) is 0 Å². The van der Waals surface area contributed by atoms with Crippen molar-refractivity contribution in [2.75, 3.05) is 28.7 Å². The fourth-order valence-electron chi connectivity index (χ4n) is 7.14. The van der Waals surface area contributed by atoms with Gasteiger partial charge in [-0.05, 0) is 171 Å². The highest BCUT2D eigenvalue weighted by Crippen LogP contribution is 2.24. The van der Waals surface area contributed by atoms with E-state index in [4.69, 9.17) is 57.1 Å². The number of nitrogens with two attached hydrogens (primary N) is 5. The number of hydrogen-bond donors (Lipinski definition) is 5. The first-order valence-electron chi connectivity index (χ1n) is 25.4. The molecule has 0 aliphatic heterocycles. The molecule has 0 radical (unpaired) electrons. The number of anilines is 5. The fraction of sp³-hybridized carbons (Fsp3) is 0.156. The molecule has 0 bridgehead atoms. The molecule has 17 heteroatoms. The average molecular weight is 1100 g/mol. The Morgan fingerprint density at radius 1 is 0.321 bits per heavy atom. The number of carbonyl (C=O) groups excluding carboxylic acids is 6. The summed E-state index contributed by atoms with van der Waals surface area (Å²) >= 11 is 0. The van der Waals surface area contributed by atoms with Gasteiger partial charge in [-0.3, -0.25) is 9.59 Å². The van der Waals surface area contributed by atoms with Gasteiger partial charge in [-0.15, -0.1) is 0 Å². The molecule has 0 saturated carbocycles. The van der Waals surface area contributed by atoms with Crippen LogP contribution in [0.4, 0.5) is 28.4 Å². The first-order valence-corrected chi connectivity index (χ1v) is 25.4. The van der Waals surface area contributed by atoms with Crippen LogP contribution >= 0.6 is 0 Å². The zero-order chi connectivity index (χ0) is 57.2. The third-order valence-corrected chi connectivity index (χ3v) is 11.5. The maximum Gasteiger partial charge on any atom is 0.343 e. The van der Waals surface area contributed by atoms with Crippen molar-refractivity contribution in [1.29, 1.82) is 0 Å². The number of carbonyl (C=O) groups is 6. The second-order valence-corrected chi connectivity index (χ2v) is 17.9. The highest BCUT2D eigenvalue weighted by molar-refractivity contribution is 5.97. The fourth-order valence-corrected chi connectivity index (χ4v) is 7.14. The number of benzene rings is 8. The molecule has 0 heterocycles. The van der Waals surface area contributed by atoms with Crippen LogP contribution < -0.4 is 57.1 Å². The maximum absolute atomic E-state index is 12.3. The van der Waals surface area contributed by atoms with Crippen molar-refractivity contribution in [3.8, 4) is 34.5 Å². The molecule has 10 N–H and O–H groups in total. The molecule has 17 nitrogen and oxygen atoms in total. The molecule has 81 heavy (non-hydrogen) atoms. The van der Waals surface area contributed by atoms with Crippen LogP contribution in [0.25, 0.3) is 0 Å². The van der Waals surface area contributed by atoms with Gasteiger partial charge in [-0.25, -0.2) is 19.2 Å². The van der Waals surface area contributed by atoms with Gasteiger partial charge in [-0.1, -0.05) is 81.1 Å². The summed E-state index contributed by atoms with van der Waals surface area (Å²) < 4.78 is 31.6. The third-order valence-electron chi connectivity index (χ3n) is 11.5. The van der Waals surface area contributed by atoms with Crippen LogP contribution in [0.3, 0.4) is 0 Å². The van der Waals surface area contributed by atoms with Gasteiger partial charge in [-0.2, -0.15) is 0 Å². The number of nitrogen functional groups attached to an aromatic ring is 5. The van der Waals surface area contributed by atoms with E-state index in [1.165, 1.54) is 30.3 Å². The summed E-state index contributed by atoms with van der Waals surface area (Å²) in [5.41, 5.74) is 33.0. The van der Waals surface area contributed by atoms with Gasteiger partial charge in [0.25, 0.3) is 0 Å². The van der Waals surface area contributed by atoms with Crippen LogP contribution in [0.1, 0.15) is 106 Å². The van der Waals surface area contributed by atoms with Gasteiger partial charge in [0.05, 0.1) is 33.6 Å². The first-order chi connectivity index (χ1) is 38.6. The largest absolute Gasteiger partial charge is 0.427 e. The minimum atomic E-state index is -0.604. The zero-order valence-corrected chi connectivity index (χ0v) is 43.9. The highest BCUT2D eigenvalue weighted by Gasteiger charge is 2.17. The molecule has 0 amide bonds. The minimum absolute atomic E-state index is 0. The smallest absolute Gasteiger partial charge is 0.343 e. The molecule has 0 atom stereocenters. The topological polar surface area (TPSA) is 288 Å². The lowest BCUT2D eigenvalue weighted by molar-refractivity contribution is -0.135. The number of rotatable bonds is 19. The van der Waals surface area contributed by atoms with E-state index in [9.17, 15) is 28.8 Å². The van der Waals surface area contributed by atoms with Gasteiger partial charge in [0.15, 0.2) is 11.5 Å². The van der Waals surface area contributed by atoms with Crippen LogP contribution in [0, 0.1) is 6.92 Å². The Morgan fingerprint density at radius 2 is 0.630 bits per heavy atom. The Balaban J connectivity index is 0.000000222. The van der Waals surface area contributed by atoms with E-state index in [0.717, 1.165) is 44.1 Å². The molecule has 8 aromatic carbocycles. The lowest BCUT2D eigenvalue weighted by Crippen LogP contribution is -2.13. The SMILES string of the molecule is C.Cc1ccc(OC(=O)c2cccc(C(=O)Oc3ccccc3N)c2)cc1.Nc1ccc(OC(=O)CCCCCCCCC(=O)Oc2ccc(N)cc2)cc1.Nc1ccc(OC(=O)c2ccc(C(=O)Oc3ccccc3N)cc2)cc1. The number of esters is 6. The quantitative estimate of drug-likeness (QED) is 0.0218. The normalized spacial score (nSPS) is 10.1. The summed E-state index contributed by atoms with van der Waals surface area (Å²) in [6.07, 6.45) is 6.39. The summed E-state index contributed by atoms with van der Waals surface area (Å²) in [6.45, 7) is 1.94. The second kappa shape index (κ2) is 31.7. The van der Waals surface area contributed by atoms with Gasteiger partial charge < -0.3 is 57.1 Å². The Labute approximate surface area is 470 Å². The van der Waals surface area contributed by atoms with Crippen molar-refractivity contribution in [3.05, 3.63) is 222 Å². The Morgan fingerprint density at radius 3 is 1.01 bits per heavy atom. The molecular weight excluding hydrogens is 1030 g/mol. The lowest BCUT2D eigenvalue weighted by atomic mass is 10.1. The maximum atomic E-state index is 12.3. The van der Waals surface area contributed by atoms with Crippen molar-refractivity contribution < 1.29 is 57.2 Å². The number of aryl methyl sites for hydroxylation is 1. The average Bonchev–Trinajstić information content (AvgIpc) is 3.45. The standard InChI is InChI=1S/C22H28N2O4.C21H17NO4.C20H16N2O4.CH4/c23-17-9-13-19(14-10-17)27-21(25)7-5-3-1-2-4-6-8-22(26)28-20-15-11-18(24)12-16-20;1-14-9-11-17(12-10-14)25-20(23)15-5-4-6-16(13-15)21(24)26-19-8-3-2-7-18(19)22;21-15-9-11-16(12-10-15)25-19(23)13-5-7-14(8-6-13)20(24)26-18-4-2-1-3-17(18)22;/h9-16H,1-8,23-24H2;2-13H,22H2,1H3;1-12H,21-22H2;1H4. The van der Waals surface area contributed by atoms with E-state index in [1.807, 2.05) is 19.1 Å². The third kappa shape index (κ3) is 21.1. The predicted octanol–water partition coefficient (Wildman–Crippen LogP) is 12.4. The van der Waals surface area contributed by atoms with E-state index in [0.29, 0.717) is 69.8 Å². The van der Waals surface area contributed by atoms with Gasteiger partial charge >= 0.3 is 35.8 Å².